The number of nitrogens with one attached hydrogen (secondary N) is 1. The zero-order chi connectivity index (χ0) is 21.1. The molecule has 1 aliphatic rings. The van der Waals surface area contributed by atoms with Crippen molar-refractivity contribution in [3.8, 4) is 5.75 Å². The second-order valence-corrected chi connectivity index (χ2v) is 8.20. The quantitative estimate of drug-likeness (QED) is 0.662. The Kier molecular flexibility index (Phi) is 6.30. The Balaban J connectivity index is 1.67. The molecule has 150 valence electrons. The minimum Gasteiger partial charge on any atom is -0.506 e. The second kappa shape index (κ2) is 8.71. The van der Waals surface area contributed by atoms with E-state index in [1.165, 1.54) is 18.2 Å². The van der Waals surface area contributed by atoms with Gasteiger partial charge in [0.15, 0.2) is 0 Å². The first-order chi connectivity index (χ1) is 13.7. The SMILES string of the molecule is CC(C)c1ccc(NC(=O)CN2C(=O)S/C(=C/c3ccc(O)c(Cl)c3)C2=O)cc1. The number of amides is 3. The van der Waals surface area contributed by atoms with Crippen molar-refractivity contribution in [2.45, 2.75) is 19.8 Å². The molecule has 3 rings (SSSR count). The maximum atomic E-state index is 12.5. The molecule has 2 aromatic rings. The van der Waals surface area contributed by atoms with Gasteiger partial charge in [-0.3, -0.25) is 19.3 Å². The summed E-state index contributed by atoms with van der Waals surface area (Å²) >= 11 is 6.62. The standard InChI is InChI=1S/C21H19ClN2O4S/c1-12(2)14-4-6-15(7-5-14)23-19(26)11-24-20(27)18(29-21(24)28)10-13-3-8-17(25)16(22)9-13/h3-10,12,25H,11H2,1-2H3,(H,23,26)/b18-10+. The Morgan fingerprint density at radius 2 is 1.90 bits per heavy atom. The van der Waals surface area contributed by atoms with Crippen molar-refractivity contribution in [1.82, 2.24) is 4.90 Å². The molecule has 2 N–H and O–H groups in total. The number of carbonyl (C=O) groups excluding carboxylic acids is 3. The predicted molar refractivity (Wildman–Crippen MR) is 115 cm³/mol. The van der Waals surface area contributed by atoms with E-state index in [9.17, 15) is 19.5 Å². The lowest BCUT2D eigenvalue weighted by Gasteiger charge is -2.13. The number of hydrogen-bond donors (Lipinski definition) is 2. The van der Waals surface area contributed by atoms with Gasteiger partial charge in [0.05, 0.1) is 9.93 Å². The lowest BCUT2D eigenvalue weighted by atomic mass is 10.0. The van der Waals surface area contributed by atoms with Crippen molar-refractivity contribution in [1.29, 1.82) is 0 Å². The largest absolute Gasteiger partial charge is 0.506 e. The summed E-state index contributed by atoms with van der Waals surface area (Å²) in [7, 11) is 0. The van der Waals surface area contributed by atoms with Crippen LogP contribution < -0.4 is 5.32 Å². The number of benzene rings is 2. The average molecular weight is 431 g/mol. The number of rotatable bonds is 5. The minimum absolute atomic E-state index is 0.0741. The van der Waals surface area contributed by atoms with Crippen LogP contribution in [-0.2, 0) is 9.59 Å². The van der Waals surface area contributed by atoms with Gasteiger partial charge >= 0.3 is 0 Å². The van der Waals surface area contributed by atoms with Gasteiger partial charge < -0.3 is 10.4 Å². The number of thioether (sulfide) groups is 1. The van der Waals surface area contributed by atoms with Gasteiger partial charge in [0.25, 0.3) is 11.1 Å². The third kappa shape index (κ3) is 4.99. The third-order valence-corrected chi connectivity index (χ3v) is 5.52. The molecule has 3 amide bonds. The molecular formula is C21H19ClN2O4S. The van der Waals surface area contributed by atoms with E-state index < -0.39 is 17.1 Å². The van der Waals surface area contributed by atoms with Crippen LogP contribution in [0.1, 0.15) is 30.9 Å². The minimum atomic E-state index is -0.547. The number of hydrogen-bond acceptors (Lipinski definition) is 5. The molecule has 2 aromatic carbocycles. The summed E-state index contributed by atoms with van der Waals surface area (Å²) in [5.74, 6) is -0.701. The molecule has 0 aromatic heterocycles. The van der Waals surface area contributed by atoms with Crippen LogP contribution in [-0.4, -0.2) is 33.6 Å². The molecule has 6 nitrogen and oxygen atoms in total. The van der Waals surface area contributed by atoms with Crippen molar-refractivity contribution in [3.63, 3.8) is 0 Å². The van der Waals surface area contributed by atoms with Gasteiger partial charge in [0, 0.05) is 5.69 Å². The van der Waals surface area contributed by atoms with Gasteiger partial charge in [-0.15, -0.1) is 0 Å². The van der Waals surface area contributed by atoms with E-state index in [4.69, 9.17) is 11.6 Å². The molecule has 0 saturated carbocycles. The molecule has 1 heterocycles. The third-order valence-electron chi connectivity index (χ3n) is 4.31. The van der Waals surface area contributed by atoms with Crippen LogP contribution in [0.5, 0.6) is 5.75 Å². The van der Waals surface area contributed by atoms with Crippen LogP contribution in [0.15, 0.2) is 47.4 Å². The highest BCUT2D eigenvalue weighted by Gasteiger charge is 2.36. The van der Waals surface area contributed by atoms with E-state index in [-0.39, 0.29) is 22.2 Å². The van der Waals surface area contributed by atoms with Crippen LogP contribution in [0, 0.1) is 0 Å². The predicted octanol–water partition coefficient (Wildman–Crippen LogP) is 4.84. The molecule has 0 unspecified atom stereocenters. The first-order valence-corrected chi connectivity index (χ1v) is 10.1. The zero-order valence-corrected chi connectivity index (χ0v) is 17.4. The van der Waals surface area contributed by atoms with Crippen molar-refractivity contribution in [3.05, 3.63) is 63.5 Å². The number of halogens is 1. The van der Waals surface area contributed by atoms with Crippen molar-refractivity contribution in [2.75, 3.05) is 11.9 Å². The number of phenolic OH excluding ortho intramolecular Hbond substituents is 1. The number of carbonyl (C=O) groups is 3. The van der Waals surface area contributed by atoms with E-state index in [0.717, 1.165) is 22.2 Å². The Morgan fingerprint density at radius 1 is 1.21 bits per heavy atom. The number of aromatic hydroxyl groups is 1. The summed E-state index contributed by atoms with van der Waals surface area (Å²) in [5.41, 5.74) is 2.31. The van der Waals surface area contributed by atoms with E-state index in [1.54, 1.807) is 18.2 Å². The van der Waals surface area contributed by atoms with Crippen LogP contribution >= 0.6 is 23.4 Å². The number of imide groups is 1. The number of phenols is 1. The van der Waals surface area contributed by atoms with Crippen LogP contribution in [0.2, 0.25) is 5.02 Å². The lowest BCUT2D eigenvalue weighted by Crippen LogP contribution is -2.36. The number of nitrogens with zero attached hydrogens (tertiary/aromatic N) is 1. The Bertz CT molecular complexity index is 1000. The monoisotopic (exact) mass is 430 g/mol. The van der Waals surface area contributed by atoms with Crippen LogP contribution in [0.25, 0.3) is 6.08 Å². The summed E-state index contributed by atoms with van der Waals surface area (Å²) in [5, 5.41) is 11.8. The number of anilines is 1. The lowest BCUT2D eigenvalue weighted by molar-refractivity contribution is -0.127. The van der Waals surface area contributed by atoms with E-state index >= 15 is 0 Å². The highest BCUT2D eigenvalue weighted by atomic mass is 35.5. The Hall–Kier alpha value is -2.77. The molecule has 0 bridgehead atoms. The zero-order valence-electron chi connectivity index (χ0n) is 15.8. The molecular weight excluding hydrogens is 412 g/mol. The van der Waals surface area contributed by atoms with Crippen LogP contribution in [0.4, 0.5) is 10.5 Å². The smallest absolute Gasteiger partial charge is 0.294 e. The van der Waals surface area contributed by atoms with Crippen LogP contribution in [0.3, 0.4) is 0 Å². The molecule has 8 heteroatoms. The molecule has 1 saturated heterocycles. The highest BCUT2D eigenvalue weighted by molar-refractivity contribution is 8.18. The van der Waals surface area contributed by atoms with E-state index in [2.05, 4.69) is 19.2 Å². The molecule has 0 atom stereocenters. The van der Waals surface area contributed by atoms with Gasteiger partial charge in [0.2, 0.25) is 5.91 Å². The van der Waals surface area contributed by atoms with Gasteiger partial charge in [-0.2, -0.15) is 0 Å². The Morgan fingerprint density at radius 3 is 2.52 bits per heavy atom. The van der Waals surface area contributed by atoms with E-state index in [0.29, 0.717) is 17.2 Å². The van der Waals surface area contributed by atoms with Gasteiger partial charge in [0.1, 0.15) is 12.3 Å². The summed E-state index contributed by atoms with van der Waals surface area (Å²) in [4.78, 5) is 38.1. The fraction of sp³-hybridized carbons (Fsp3) is 0.190. The van der Waals surface area contributed by atoms with Gasteiger partial charge in [-0.1, -0.05) is 43.6 Å². The van der Waals surface area contributed by atoms with Gasteiger partial charge in [-0.25, -0.2) is 0 Å². The summed E-state index contributed by atoms with van der Waals surface area (Å²) < 4.78 is 0. The highest BCUT2D eigenvalue weighted by Crippen LogP contribution is 2.33. The van der Waals surface area contributed by atoms with Crippen molar-refractivity contribution in [2.24, 2.45) is 0 Å². The first-order valence-electron chi connectivity index (χ1n) is 8.88. The first kappa shape index (κ1) is 21.0. The second-order valence-electron chi connectivity index (χ2n) is 6.80. The maximum absolute atomic E-state index is 12.5. The fourth-order valence-corrected chi connectivity index (χ4v) is 3.72. The topological polar surface area (TPSA) is 86.7 Å². The maximum Gasteiger partial charge on any atom is 0.294 e. The summed E-state index contributed by atoms with van der Waals surface area (Å²) in [6.45, 7) is 3.78. The molecule has 0 aliphatic carbocycles. The average Bonchev–Trinajstić information content (AvgIpc) is 2.92. The molecule has 1 aliphatic heterocycles. The molecule has 29 heavy (non-hydrogen) atoms. The fourth-order valence-electron chi connectivity index (χ4n) is 2.70. The molecule has 0 radical (unpaired) electrons. The van der Waals surface area contributed by atoms with E-state index in [1.807, 2.05) is 12.1 Å². The normalized spacial score (nSPS) is 15.4. The summed E-state index contributed by atoms with van der Waals surface area (Å²) in [6, 6.07) is 11.9. The molecule has 0 spiro atoms. The van der Waals surface area contributed by atoms with Crippen molar-refractivity contribution >= 4 is 52.2 Å². The van der Waals surface area contributed by atoms with Gasteiger partial charge in [-0.05, 0) is 59.1 Å². The summed E-state index contributed by atoms with van der Waals surface area (Å²) in [6.07, 6.45) is 1.50. The van der Waals surface area contributed by atoms with Crippen molar-refractivity contribution < 1.29 is 19.5 Å². The Labute approximate surface area is 177 Å². The molecule has 1 fully saturated rings.